The van der Waals surface area contributed by atoms with Crippen LogP contribution in [0.15, 0.2) is 0 Å². The molecule has 2 saturated heterocycles. The molecule has 0 aromatic carbocycles. The van der Waals surface area contributed by atoms with Crippen molar-refractivity contribution in [3.8, 4) is 0 Å². The summed E-state index contributed by atoms with van der Waals surface area (Å²) in [5, 5.41) is 3.63. The van der Waals surface area contributed by atoms with Crippen LogP contribution in [-0.4, -0.2) is 50.3 Å². The van der Waals surface area contributed by atoms with Crippen molar-refractivity contribution in [1.82, 2.24) is 10.2 Å². The highest BCUT2D eigenvalue weighted by Crippen LogP contribution is 2.18. The summed E-state index contributed by atoms with van der Waals surface area (Å²) < 4.78 is 5.65. The molecule has 2 unspecified atom stereocenters. The molecule has 0 aromatic rings. The molecular formula is C14H28N2O. The maximum atomic E-state index is 5.65. The molecule has 1 N–H and O–H groups in total. The Kier molecular flexibility index (Phi) is 5.75. The van der Waals surface area contributed by atoms with Crippen LogP contribution in [0.3, 0.4) is 0 Å². The third kappa shape index (κ3) is 4.23. The monoisotopic (exact) mass is 240 g/mol. The second-order valence-corrected chi connectivity index (χ2v) is 5.57. The molecule has 0 aromatic heterocycles. The standard InChI is InChI=1S/C14H28N2O/c1-2-7-15-14-12-17-11-13(14)10-16-8-5-3-4-6-9-16/h13-15H,2-12H2,1H3. The summed E-state index contributed by atoms with van der Waals surface area (Å²) in [6.45, 7) is 9.07. The van der Waals surface area contributed by atoms with Crippen LogP contribution in [0.4, 0.5) is 0 Å². The minimum atomic E-state index is 0.596. The van der Waals surface area contributed by atoms with Gasteiger partial charge in [0.05, 0.1) is 13.2 Å². The number of hydrogen-bond acceptors (Lipinski definition) is 3. The van der Waals surface area contributed by atoms with Crippen LogP contribution in [-0.2, 0) is 4.74 Å². The smallest absolute Gasteiger partial charge is 0.0623 e. The highest BCUT2D eigenvalue weighted by atomic mass is 16.5. The number of ether oxygens (including phenoxy) is 1. The number of likely N-dealkylation sites (tertiary alicyclic amines) is 1. The maximum Gasteiger partial charge on any atom is 0.0623 e. The van der Waals surface area contributed by atoms with Crippen LogP contribution in [0.25, 0.3) is 0 Å². The van der Waals surface area contributed by atoms with Crippen LogP contribution in [0.2, 0.25) is 0 Å². The van der Waals surface area contributed by atoms with Crippen LogP contribution in [0, 0.1) is 5.92 Å². The van der Waals surface area contributed by atoms with Gasteiger partial charge in [-0.25, -0.2) is 0 Å². The lowest BCUT2D eigenvalue weighted by atomic mass is 10.0. The molecule has 0 radical (unpaired) electrons. The predicted octanol–water partition coefficient (Wildman–Crippen LogP) is 1.88. The molecule has 2 rings (SSSR count). The predicted molar refractivity (Wildman–Crippen MR) is 71.3 cm³/mol. The first-order valence-electron chi connectivity index (χ1n) is 7.43. The van der Waals surface area contributed by atoms with Gasteiger partial charge in [0, 0.05) is 18.5 Å². The number of hydrogen-bond donors (Lipinski definition) is 1. The number of nitrogens with one attached hydrogen (secondary N) is 1. The summed E-state index contributed by atoms with van der Waals surface area (Å²) in [6, 6.07) is 0.596. The fraction of sp³-hybridized carbons (Fsp3) is 1.00. The van der Waals surface area contributed by atoms with Crippen LogP contribution < -0.4 is 5.32 Å². The van der Waals surface area contributed by atoms with E-state index < -0.39 is 0 Å². The zero-order chi connectivity index (χ0) is 11.9. The Morgan fingerprint density at radius 1 is 1.12 bits per heavy atom. The molecular weight excluding hydrogens is 212 g/mol. The van der Waals surface area contributed by atoms with Gasteiger partial charge in [0.25, 0.3) is 0 Å². The van der Waals surface area contributed by atoms with Gasteiger partial charge < -0.3 is 15.0 Å². The molecule has 3 nitrogen and oxygen atoms in total. The van der Waals surface area contributed by atoms with Crippen molar-refractivity contribution in [3.63, 3.8) is 0 Å². The number of nitrogens with zero attached hydrogens (tertiary/aromatic N) is 1. The molecule has 0 bridgehead atoms. The minimum absolute atomic E-state index is 0.596. The fourth-order valence-electron chi connectivity index (χ4n) is 2.98. The Hall–Kier alpha value is -0.120. The Balaban J connectivity index is 1.75. The molecule has 2 heterocycles. The van der Waals surface area contributed by atoms with Crippen molar-refractivity contribution in [1.29, 1.82) is 0 Å². The molecule has 2 atom stereocenters. The van der Waals surface area contributed by atoms with Gasteiger partial charge in [-0.1, -0.05) is 19.8 Å². The zero-order valence-electron chi connectivity index (χ0n) is 11.3. The van der Waals surface area contributed by atoms with Crippen molar-refractivity contribution >= 4 is 0 Å². The molecule has 100 valence electrons. The van der Waals surface area contributed by atoms with Crippen molar-refractivity contribution in [2.45, 2.75) is 45.1 Å². The summed E-state index contributed by atoms with van der Waals surface area (Å²) in [6.07, 6.45) is 6.85. The maximum absolute atomic E-state index is 5.65. The average molecular weight is 240 g/mol. The Bertz CT molecular complexity index is 202. The first-order valence-corrected chi connectivity index (χ1v) is 7.43. The van der Waals surface area contributed by atoms with Gasteiger partial charge in [0.2, 0.25) is 0 Å². The van der Waals surface area contributed by atoms with Gasteiger partial charge in [-0.05, 0) is 38.9 Å². The van der Waals surface area contributed by atoms with E-state index in [0.717, 1.165) is 19.8 Å². The Labute approximate surface area is 106 Å². The zero-order valence-corrected chi connectivity index (χ0v) is 11.3. The molecule has 2 fully saturated rings. The molecule has 3 heteroatoms. The van der Waals surface area contributed by atoms with Crippen molar-refractivity contribution in [2.24, 2.45) is 5.92 Å². The highest BCUT2D eigenvalue weighted by Gasteiger charge is 2.29. The topological polar surface area (TPSA) is 24.5 Å². The van der Waals surface area contributed by atoms with E-state index in [0.29, 0.717) is 12.0 Å². The molecule has 0 aliphatic carbocycles. The van der Waals surface area contributed by atoms with Gasteiger partial charge in [-0.2, -0.15) is 0 Å². The summed E-state index contributed by atoms with van der Waals surface area (Å²) in [4.78, 5) is 2.66. The summed E-state index contributed by atoms with van der Waals surface area (Å²) in [7, 11) is 0. The second-order valence-electron chi connectivity index (χ2n) is 5.57. The van der Waals surface area contributed by atoms with Crippen LogP contribution >= 0.6 is 0 Å². The number of rotatable bonds is 5. The Morgan fingerprint density at radius 3 is 2.59 bits per heavy atom. The Morgan fingerprint density at radius 2 is 1.88 bits per heavy atom. The van der Waals surface area contributed by atoms with Gasteiger partial charge in [0.1, 0.15) is 0 Å². The lowest BCUT2D eigenvalue weighted by Gasteiger charge is -2.26. The van der Waals surface area contributed by atoms with Gasteiger partial charge in [0.15, 0.2) is 0 Å². The molecule has 0 spiro atoms. The van der Waals surface area contributed by atoms with E-state index >= 15 is 0 Å². The highest BCUT2D eigenvalue weighted by molar-refractivity contribution is 4.84. The summed E-state index contributed by atoms with van der Waals surface area (Å²) in [5.41, 5.74) is 0. The van der Waals surface area contributed by atoms with Crippen molar-refractivity contribution in [3.05, 3.63) is 0 Å². The fourth-order valence-corrected chi connectivity index (χ4v) is 2.98. The third-order valence-electron chi connectivity index (χ3n) is 4.05. The van der Waals surface area contributed by atoms with Crippen molar-refractivity contribution in [2.75, 3.05) is 39.4 Å². The summed E-state index contributed by atoms with van der Waals surface area (Å²) >= 11 is 0. The SMILES string of the molecule is CCCNC1COCC1CN1CCCCCC1. The third-order valence-corrected chi connectivity index (χ3v) is 4.05. The molecule has 2 aliphatic heterocycles. The van der Waals surface area contributed by atoms with Gasteiger partial charge >= 0.3 is 0 Å². The van der Waals surface area contributed by atoms with E-state index in [9.17, 15) is 0 Å². The van der Waals surface area contributed by atoms with Crippen molar-refractivity contribution < 1.29 is 4.74 Å². The largest absolute Gasteiger partial charge is 0.379 e. The van der Waals surface area contributed by atoms with E-state index in [1.807, 2.05) is 0 Å². The molecule has 0 amide bonds. The van der Waals surface area contributed by atoms with E-state index in [-0.39, 0.29) is 0 Å². The molecule has 17 heavy (non-hydrogen) atoms. The van der Waals surface area contributed by atoms with E-state index in [2.05, 4.69) is 17.1 Å². The van der Waals surface area contributed by atoms with E-state index in [4.69, 9.17) is 4.74 Å². The lowest BCUT2D eigenvalue weighted by molar-refractivity contribution is 0.168. The van der Waals surface area contributed by atoms with E-state index in [1.165, 1.54) is 51.7 Å². The summed E-state index contributed by atoms with van der Waals surface area (Å²) in [5.74, 6) is 0.708. The van der Waals surface area contributed by atoms with E-state index in [1.54, 1.807) is 0 Å². The van der Waals surface area contributed by atoms with Crippen LogP contribution in [0.1, 0.15) is 39.0 Å². The van der Waals surface area contributed by atoms with Gasteiger partial charge in [-0.15, -0.1) is 0 Å². The molecule has 2 aliphatic rings. The average Bonchev–Trinajstić information content (AvgIpc) is 2.61. The first kappa shape index (κ1) is 13.3. The second kappa shape index (κ2) is 7.34. The first-order chi connectivity index (χ1) is 8.40. The molecule has 0 saturated carbocycles. The quantitative estimate of drug-likeness (QED) is 0.794. The normalized spacial score (nSPS) is 31.6. The van der Waals surface area contributed by atoms with Crippen LogP contribution in [0.5, 0.6) is 0 Å². The van der Waals surface area contributed by atoms with Gasteiger partial charge in [-0.3, -0.25) is 0 Å². The minimum Gasteiger partial charge on any atom is -0.379 e. The lowest BCUT2D eigenvalue weighted by Crippen LogP contribution is -2.42.